The number of fused-ring (bicyclic) bond motifs is 1. The first kappa shape index (κ1) is 13.7. The zero-order valence-corrected chi connectivity index (χ0v) is 12.8. The quantitative estimate of drug-likeness (QED) is 0.642. The Labute approximate surface area is 122 Å². The third-order valence-electron chi connectivity index (χ3n) is 3.97. The lowest BCUT2D eigenvalue weighted by molar-refractivity contribution is 0.467. The van der Waals surface area contributed by atoms with E-state index in [1.54, 1.807) is 4.57 Å². The average molecular weight is 292 g/mol. The van der Waals surface area contributed by atoms with Crippen molar-refractivity contribution in [3.63, 3.8) is 0 Å². The molecule has 0 unspecified atom stereocenters. The van der Waals surface area contributed by atoms with Crippen molar-refractivity contribution in [3.05, 3.63) is 16.7 Å². The Morgan fingerprint density at radius 2 is 2.15 bits per heavy atom. The summed E-state index contributed by atoms with van der Waals surface area (Å²) in [6.45, 7) is 2.74. The summed E-state index contributed by atoms with van der Waals surface area (Å²) >= 11 is 1.52. The van der Waals surface area contributed by atoms with Gasteiger partial charge in [-0.2, -0.15) is 10.1 Å². The molecule has 3 rings (SSSR count). The average Bonchev–Trinajstić information content (AvgIpc) is 3.09. The fourth-order valence-corrected chi connectivity index (χ4v) is 3.50. The highest BCUT2D eigenvalue weighted by Gasteiger charge is 2.20. The van der Waals surface area contributed by atoms with Crippen molar-refractivity contribution in [3.8, 4) is 0 Å². The van der Waals surface area contributed by atoms with Gasteiger partial charge in [0.2, 0.25) is 0 Å². The second-order valence-corrected chi connectivity index (χ2v) is 6.13. The van der Waals surface area contributed by atoms with Crippen molar-refractivity contribution in [1.29, 1.82) is 0 Å². The van der Waals surface area contributed by atoms with Crippen LogP contribution in [-0.4, -0.2) is 25.6 Å². The second-order valence-electron chi connectivity index (χ2n) is 5.34. The Kier molecular flexibility index (Phi) is 3.83. The smallest absolute Gasteiger partial charge is 0.275 e. The van der Waals surface area contributed by atoms with Crippen LogP contribution in [0.15, 0.2) is 16.0 Å². The number of aryl methyl sites for hydroxylation is 1. The maximum atomic E-state index is 12.1. The molecule has 2 aromatic rings. The van der Waals surface area contributed by atoms with Gasteiger partial charge in [0.25, 0.3) is 0 Å². The van der Waals surface area contributed by atoms with Crippen molar-refractivity contribution in [1.82, 2.24) is 19.3 Å². The molecule has 1 fully saturated rings. The van der Waals surface area contributed by atoms with Gasteiger partial charge in [0.05, 0.1) is 11.4 Å². The van der Waals surface area contributed by atoms with Gasteiger partial charge in [-0.3, -0.25) is 9.25 Å². The van der Waals surface area contributed by atoms with Gasteiger partial charge in [0, 0.05) is 12.7 Å². The number of hydrogen-bond acceptors (Lipinski definition) is 4. The molecular formula is C14H20N4OS. The molecule has 2 heterocycles. The van der Waals surface area contributed by atoms with Crippen LogP contribution >= 0.6 is 11.8 Å². The normalized spacial score (nSPS) is 16.3. The van der Waals surface area contributed by atoms with Gasteiger partial charge in [-0.1, -0.05) is 19.8 Å². The van der Waals surface area contributed by atoms with Crippen LogP contribution in [0.4, 0.5) is 0 Å². The van der Waals surface area contributed by atoms with E-state index in [0.717, 1.165) is 22.5 Å². The van der Waals surface area contributed by atoms with Crippen LogP contribution in [0, 0.1) is 0 Å². The highest BCUT2D eigenvalue weighted by atomic mass is 32.2. The molecule has 0 aromatic carbocycles. The summed E-state index contributed by atoms with van der Waals surface area (Å²) in [6.07, 6.45) is 9.87. The predicted molar refractivity (Wildman–Crippen MR) is 81.4 cm³/mol. The van der Waals surface area contributed by atoms with Gasteiger partial charge in [0.1, 0.15) is 5.03 Å². The highest BCUT2D eigenvalue weighted by Crippen LogP contribution is 2.31. The summed E-state index contributed by atoms with van der Waals surface area (Å²) in [5.74, 6) is 0. The monoisotopic (exact) mass is 292 g/mol. The highest BCUT2D eigenvalue weighted by molar-refractivity contribution is 7.98. The number of thioether (sulfide) groups is 1. The SMILES string of the molecule is CCCn1c(=O)nc(SC)c2cn(C3CCCC3)nc21. The third-order valence-corrected chi connectivity index (χ3v) is 4.66. The van der Waals surface area contributed by atoms with E-state index in [9.17, 15) is 4.79 Å². The molecule has 108 valence electrons. The fraction of sp³-hybridized carbons (Fsp3) is 0.643. The largest absolute Gasteiger partial charge is 0.350 e. The first-order valence-electron chi connectivity index (χ1n) is 7.28. The Hall–Kier alpha value is -1.30. The molecule has 6 heteroatoms. The molecule has 1 aliphatic rings. The Balaban J connectivity index is 2.18. The standard InChI is InChI=1S/C14H20N4OS/c1-3-8-17-12-11(13(20-2)15-14(17)19)9-18(16-12)10-6-4-5-7-10/h9-10H,3-8H2,1-2H3. The van der Waals surface area contributed by atoms with Crippen LogP contribution in [0.1, 0.15) is 45.1 Å². The summed E-state index contributed by atoms with van der Waals surface area (Å²) in [7, 11) is 0. The molecule has 0 N–H and O–H groups in total. The number of nitrogens with zero attached hydrogens (tertiary/aromatic N) is 4. The van der Waals surface area contributed by atoms with E-state index in [1.807, 2.05) is 6.26 Å². The first-order chi connectivity index (χ1) is 9.74. The molecular weight excluding hydrogens is 272 g/mol. The number of aromatic nitrogens is 4. The summed E-state index contributed by atoms with van der Waals surface area (Å²) in [5.41, 5.74) is 0.614. The summed E-state index contributed by atoms with van der Waals surface area (Å²) in [6, 6.07) is 0.488. The van der Waals surface area contributed by atoms with Gasteiger partial charge < -0.3 is 0 Å². The van der Waals surface area contributed by atoms with Gasteiger partial charge in [-0.25, -0.2) is 4.79 Å². The van der Waals surface area contributed by atoms with Crippen LogP contribution in [0.3, 0.4) is 0 Å². The van der Waals surface area contributed by atoms with Crippen molar-refractivity contribution in [2.45, 2.75) is 56.6 Å². The van der Waals surface area contributed by atoms with Gasteiger partial charge in [-0.05, 0) is 25.5 Å². The molecule has 5 nitrogen and oxygen atoms in total. The van der Waals surface area contributed by atoms with E-state index in [1.165, 1.54) is 37.4 Å². The molecule has 0 radical (unpaired) electrons. The maximum Gasteiger partial charge on any atom is 0.350 e. The van der Waals surface area contributed by atoms with Crippen molar-refractivity contribution in [2.24, 2.45) is 0 Å². The lowest BCUT2D eigenvalue weighted by Crippen LogP contribution is -2.24. The van der Waals surface area contributed by atoms with Crippen LogP contribution in [-0.2, 0) is 6.54 Å². The number of hydrogen-bond donors (Lipinski definition) is 0. The number of rotatable bonds is 4. The molecule has 1 aliphatic carbocycles. The molecule has 0 atom stereocenters. The fourth-order valence-electron chi connectivity index (χ4n) is 2.97. The Morgan fingerprint density at radius 3 is 2.80 bits per heavy atom. The minimum absolute atomic E-state index is 0.180. The van der Waals surface area contributed by atoms with Crippen LogP contribution in [0.5, 0.6) is 0 Å². The van der Waals surface area contributed by atoms with Crippen molar-refractivity contribution >= 4 is 22.8 Å². The Morgan fingerprint density at radius 1 is 1.40 bits per heavy atom. The maximum absolute atomic E-state index is 12.1. The van der Waals surface area contributed by atoms with Gasteiger partial charge in [0.15, 0.2) is 5.65 Å². The zero-order valence-electron chi connectivity index (χ0n) is 12.0. The van der Waals surface area contributed by atoms with E-state index in [4.69, 9.17) is 5.10 Å². The molecule has 2 aromatic heterocycles. The van der Waals surface area contributed by atoms with E-state index < -0.39 is 0 Å². The third kappa shape index (κ3) is 2.26. The molecule has 0 bridgehead atoms. The summed E-state index contributed by atoms with van der Waals surface area (Å²) in [5, 5.41) is 6.51. The molecule has 1 saturated carbocycles. The van der Waals surface area contributed by atoms with Crippen LogP contribution in [0.2, 0.25) is 0 Å². The first-order valence-corrected chi connectivity index (χ1v) is 8.50. The van der Waals surface area contributed by atoms with Crippen molar-refractivity contribution < 1.29 is 0 Å². The topological polar surface area (TPSA) is 52.7 Å². The minimum atomic E-state index is -0.180. The predicted octanol–water partition coefficient (Wildman–Crippen LogP) is 2.84. The van der Waals surface area contributed by atoms with E-state index >= 15 is 0 Å². The van der Waals surface area contributed by atoms with E-state index in [2.05, 4.69) is 22.8 Å². The van der Waals surface area contributed by atoms with Gasteiger partial charge >= 0.3 is 5.69 Å². The van der Waals surface area contributed by atoms with Crippen molar-refractivity contribution in [2.75, 3.05) is 6.26 Å². The molecule has 0 amide bonds. The molecule has 0 aliphatic heterocycles. The van der Waals surface area contributed by atoms with Crippen LogP contribution in [0.25, 0.3) is 11.0 Å². The summed E-state index contributed by atoms with van der Waals surface area (Å²) < 4.78 is 3.77. The molecule has 20 heavy (non-hydrogen) atoms. The van der Waals surface area contributed by atoms with Gasteiger partial charge in [-0.15, -0.1) is 11.8 Å². The molecule has 0 spiro atoms. The molecule has 0 saturated heterocycles. The lowest BCUT2D eigenvalue weighted by Gasteiger charge is -2.08. The minimum Gasteiger partial charge on any atom is -0.275 e. The van der Waals surface area contributed by atoms with E-state index in [0.29, 0.717) is 12.6 Å². The zero-order chi connectivity index (χ0) is 14.1. The summed E-state index contributed by atoms with van der Waals surface area (Å²) in [4.78, 5) is 16.3. The Bertz CT molecular complexity index is 670. The van der Waals surface area contributed by atoms with Crippen LogP contribution < -0.4 is 5.69 Å². The van der Waals surface area contributed by atoms with E-state index in [-0.39, 0.29) is 5.69 Å². The lowest BCUT2D eigenvalue weighted by atomic mass is 10.3. The second kappa shape index (κ2) is 5.60.